The van der Waals surface area contributed by atoms with Gasteiger partial charge in [0.25, 0.3) is 5.91 Å². The van der Waals surface area contributed by atoms with Crippen LogP contribution in [-0.2, 0) is 4.79 Å². The molecule has 3 aromatic rings. The van der Waals surface area contributed by atoms with Gasteiger partial charge in [0.1, 0.15) is 0 Å². The molecule has 2 aromatic carbocycles. The van der Waals surface area contributed by atoms with Gasteiger partial charge in [0.2, 0.25) is 5.91 Å². The summed E-state index contributed by atoms with van der Waals surface area (Å²) in [6.07, 6.45) is 5.88. The minimum Gasteiger partial charge on any atom is -0.353 e. The van der Waals surface area contributed by atoms with Crippen LogP contribution in [0.5, 0.6) is 0 Å². The van der Waals surface area contributed by atoms with E-state index >= 15 is 0 Å². The summed E-state index contributed by atoms with van der Waals surface area (Å²) in [5, 5.41) is 6.09. The largest absolute Gasteiger partial charge is 0.353 e. The Kier molecular flexibility index (Phi) is 6.69. The van der Waals surface area contributed by atoms with E-state index in [0.29, 0.717) is 17.4 Å². The molecule has 0 atom stereocenters. The van der Waals surface area contributed by atoms with Gasteiger partial charge in [0, 0.05) is 17.3 Å². The molecule has 5 nitrogen and oxygen atoms in total. The van der Waals surface area contributed by atoms with Crippen molar-refractivity contribution in [2.75, 3.05) is 11.1 Å². The molecular formula is C23H25N3O2S2. The molecule has 0 spiro atoms. The Balaban J connectivity index is 1.36. The van der Waals surface area contributed by atoms with Crippen molar-refractivity contribution in [1.29, 1.82) is 0 Å². The standard InChI is InChI=1S/C23H25N3O2S2/c1-15-6-5-7-16(12-15)22(28)25-18-10-11-19-20(13-18)30-23(26-19)29-14-21(27)24-17-8-3-2-4-9-17/h5-7,10-13,17H,2-4,8-9,14H2,1H3,(H,24,27)(H,25,28). The molecule has 0 aliphatic heterocycles. The first-order valence-corrected chi connectivity index (χ1v) is 12.1. The lowest BCUT2D eigenvalue weighted by atomic mass is 9.95. The van der Waals surface area contributed by atoms with E-state index in [2.05, 4.69) is 15.6 Å². The van der Waals surface area contributed by atoms with Crippen LogP contribution in [0.4, 0.5) is 5.69 Å². The Morgan fingerprint density at radius 3 is 2.77 bits per heavy atom. The number of fused-ring (bicyclic) bond motifs is 1. The molecule has 2 N–H and O–H groups in total. The molecule has 30 heavy (non-hydrogen) atoms. The number of aryl methyl sites for hydroxylation is 1. The molecule has 1 saturated carbocycles. The summed E-state index contributed by atoms with van der Waals surface area (Å²) in [5.41, 5.74) is 3.31. The molecule has 156 valence electrons. The molecule has 1 heterocycles. The lowest BCUT2D eigenvalue weighted by Gasteiger charge is -2.22. The average molecular weight is 440 g/mol. The van der Waals surface area contributed by atoms with Gasteiger partial charge >= 0.3 is 0 Å². The minimum absolute atomic E-state index is 0.0808. The normalized spacial score (nSPS) is 14.6. The van der Waals surface area contributed by atoms with Gasteiger partial charge in [-0.05, 0) is 50.1 Å². The van der Waals surface area contributed by atoms with Crippen LogP contribution in [-0.4, -0.2) is 28.6 Å². The number of rotatable bonds is 6. The summed E-state index contributed by atoms with van der Waals surface area (Å²) in [7, 11) is 0. The Morgan fingerprint density at radius 1 is 1.13 bits per heavy atom. The van der Waals surface area contributed by atoms with Gasteiger partial charge in [-0.2, -0.15) is 0 Å². The van der Waals surface area contributed by atoms with E-state index in [1.54, 1.807) is 17.4 Å². The Hall–Kier alpha value is -2.38. The fourth-order valence-corrected chi connectivity index (χ4v) is 5.59. The summed E-state index contributed by atoms with van der Waals surface area (Å²) in [4.78, 5) is 29.3. The van der Waals surface area contributed by atoms with Gasteiger partial charge in [-0.15, -0.1) is 11.3 Å². The van der Waals surface area contributed by atoms with E-state index in [1.807, 2.05) is 43.3 Å². The number of nitrogens with zero attached hydrogens (tertiary/aromatic N) is 1. The summed E-state index contributed by atoms with van der Waals surface area (Å²) in [5.74, 6) is 0.335. The van der Waals surface area contributed by atoms with Gasteiger partial charge in [-0.1, -0.05) is 48.7 Å². The summed E-state index contributed by atoms with van der Waals surface area (Å²) in [6, 6.07) is 13.6. The van der Waals surface area contributed by atoms with Crippen molar-refractivity contribution in [2.24, 2.45) is 0 Å². The first-order valence-electron chi connectivity index (χ1n) is 10.3. The lowest BCUT2D eigenvalue weighted by Crippen LogP contribution is -2.37. The van der Waals surface area contributed by atoms with Crippen LogP contribution in [0.3, 0.4) is 0 Å². The van der Waals surface area contributed by atoms with Crippen molar-refractivity contribution in [3.8, 4) is 0 Å². The molecule has 2 amide bonds. The SMILES string of the molecule is Cc1cccc(C(=O)Nc2ccc3nc(SCC(=O)NC4CCCCC4)sc3c2)c1. The van der Waals surface area contributed by atoms with E-state index in [4.69, 9.17) is 0 Å². The number of carbonyl (C=O) groups is 2. The minimum atomic E-state index is -0.128. The summed E-state index contributed by atoms with van der Waals surface area (Å²) in [6.45, 7) is 1.97. The third-order valence-electron chi connectivity index (χ3n) is 5.20. The second-order valence-corrected chi connectivity index (χ2v) is 9.93. The number of benzene rings is 2. The van der Waals surface area contributed by atoms with Crippen molar-refractivity contribution in [1.82, 2.24) is 10.3 Å². The topological polar surface area (TPSA) is 71.1 Å². The van der Waals surface area contributed by atoms with Crippen LogP contribution in [0.25, 0.3) is 10.2 Å². The molecule has 1 fully saturated rings. The van der Waals surface area contributed by atoms with Crippen LogP contribution < -0.4 is 10.6 Å². The van der Waals surface area contributed by atoms with Crippen molar-refractivity contribution in [3.05, 3.63) is 53.6 Å². The van der Waals surface area contributed by atoms with Gasteiger partial charge in [-0.25, -0.2) is 4.98 Å². The monoisotopic (exact) mass is 439 g/mol. The molecular weight excluding hydrogens is 414 g/mol. The van der Waals surface area contributed by atoms with E-state index in [9.17, 15) is 9.59 Å². The molecule has 1 aliphatic carbocycles. The van der Waals surface area contributed by atoms with Crippen LogP contribution in [0.2, 0.25) is 0 Å². The maximum absolute atomic E-state index is 12.5. The van der Waals surface area contributed by atoms with E-state index < -0.39 is 0 Å². The fraction of sp³-hybridized carbons (Fsp3) is 0.348. The number of anilines is 1. The smallest absolute Gasteiger partial charge is 0.255 e. The van der Waals surface area contributed by atoms with E-state index in [-0.39, 0.29) is 11.8 Å². The predicted octanol–water partition coefficient (Wildman–Crippen LogP) is 5.40. The second-order valence-electron chi connectivity index (χ2n) is 7.68. The molecule has 1 aliphatic rings. The molecule has 0 saturated heterocycles. The molecule has 0 bridgehead atoms. The number of aromatic nitrogens is 1. The maximum atomic E-state index is 12.5. The lowest BCUT2D eigenvalue weighted by molar-refractivity contribution is -0.119. The summed E-state index contributed by atoms with van der Waals surface area (Å²) < 4.78 is 1.86. The highest BCUT2D eigenvalue weighted by Crippen LogP contribution is 2.31. The van der Waals surface area contributed by atoms with Crippen molar-refractivity contribution in [3.63, 3.8) is 0 Å². The molecule has 1 aromatic heterocycles. The van der Waals surface area contributed by atoms with Crippen LogP contribution >= 0.6 is 23.1 Å². The number of hydrogen-bond donors (Lipinski definition) is 2. The predicted molar refractivity (Wildman–Crippen MR) is 124 cm³/mol. The highest BCUT2D eigenvalue weighted by atomic mass is 32.2. The number of nitrogens with one attached hydrogen (secondary N) is 2. The molecule has 4 rings (SSSR count). The van der Waals surface area contributed by atoms with Gasteiger partial charge in [0.15, 0.2) is 4.34 Å². The Labute approximate surface area is 184 Å². The van der Waals surface area contributed by atoms with Crippen LogP contribution in [0, 0.1) is 6.92 Å². The third-order valence-corrected chi connectivity index (χ3v) is 7.37. The second kappa shape index (κ2) is 9.62. The number of thiazole rings is 1. The number of amides is 2. The molecule has 0 radical (unpaired) electrons. The first-order chi connectivity index (χ1) is 14.6. The van der Waals surface area contributed by atoms with Crippen LogP contribution in [0.1, 0.15) is 48.0 Å². The molecule has 0 unspecified atom stereocenters. The number of thioether (sulfide) groups is 1. The highest BCUT2D eigenvalue weighted by Gasteiger charge is 2.16. The molecule has 7 heteroatoms. The quantitative estimate of drug-likeness (QED) is 0.505. The highest BCUT2D eigenvalue weighted by molar-refractivity contribution is 8.01. The van der Waals surface area contributed by atoms with Gasteiger partial charge in [0.05, 0.1) is 16.0 Å². The van der Waals surface area contributed by atoms with Crippen molar-refractivity contribution >= 4 is 50.8 Å². The zero-order valence-corrected chi connectivity index (χ0v) is 18.6. The van der Waals surface area contributed by atoms with Crippen LogP contribution in [0.15, 0.2) is 46.8 Å². The maximum Gasteiger partial charge on any atom is 0.255 e. The number of carbonyl (C=O) groups excluding carboxylic acids is 2. The Bertz CT molecular complexity index is 1060. The van der Waals surface area contributed by atoms with Crippen molar-refractivity contribution < 1.29 is 9.59 Å². The zero-order chi connectivity index (χ0) is 20.9. The fourth-order valence-electron chi connectivity index (χ4n) is 3.68. The average Bonchev–Trinajstić information content (AvgIpc) is 3.15. The van der Waals surface area contributed by atoms with E-state index in [1.165, 1.54) is 31.0 Å². The Morgan fingerprint density at radius 2 is 1.97 bits per heavy atom. The van der Waals surface area contributed by atoms with Gasteiger partial charge < -0.3 is 10.6 Å². The third kappa shape index (κ3) is 5.40. The summed E-state index contributed by atoms with van der Waals surface area (Å²) >= 11 is 3.01. The number of hydrogen-bond acceptors (Lipinski definition) is 5. The van der Waals surface area contributed by atoms with E-state index in [0.717, 1.165) is 38.6 Å². The van der Waals surface area contributed by atoms with Gasteiger partial charge in [-0.3, -0.25) is 9.59 Å². The first kappa shape index (κ1) is 20.9. The zero-order valence-electron chi connectivity index (χ0n) is 16.9. The van der Waals surface area contributed by atoms with Crippen molar-refractivity contribution in [2.45, 2.75) is 49.4 Å².